The lowest BCUT2D eigenvalue weighted by molar-refractivity contribution is 0.954. The Morgan fingerprint density at radius 3 is 2.85 bits per heavy atom. The van der Waals surface area contributed by atoms with Gasteiger partial charge in [-0.25, -0.2) is 4.98 Å². The molecule has 0 atom stereocenters. The van der Waals surface area contributed by atoms with Gasteiger partial charge in [-0.15, -0.1) is 0 Å². The van der Waals surface area contributed by atoms with Crippen molar-refractivity contribution in [2.75, 3.05) is 0 Å². The molecular formula is C15H14N4S. The third-order valence-corrected chi connectivity index (χ3v) is 3.34. The van der Waals surface area contributed by atoms with Gasteiger partial charge in [0.05, 0.1) is 28.1 Å². The monoisotopic (exact) mass is 282 g/mol. The van der Waals surface area contributed by atoms with Crippen molar-refractivity contribution in [2.45, 2.75) is 13.3 Å². The molecule has 0 saturated heterocycles. The first-order chi connectivity index (χ1) is 9.66. The van der Waals surface area contributed by atoms with Gasteiger partial charge in [-0.2, -0.15) is 0 Å². The maximum Gasteiger partial charge on any atom is 0.121 e. The van der Waals surface area contributed by atoms with Crippen molar-refractivity contribution in [3.8, 4) is 5.69 Å². The lowest BCUT2D eigenvalue weighted by Gasteiger charge is -2.11. The Hall–Kier alpha value is -2.27. The molecule has 4 nitrogen and oxygen atoms in total. The van der Waals surface area contributed by atoms with E-state index >= 15 is 0 Å². The topological polar surface area (TPSA) is 56.7 Å². The number of para-hydroxylation sites is 2. The highest BCUT2D eigenvalue weighted by atomic mass is 32.1. The largest absolute Gasteiger partial charge is 0.393 e. The van der Waals surface area contributed by atoms with E-state index in [1.54, 1.807) is 6.20 Å². The van der Waals surface area contributed by atoms with Gasteiger partial charge in [-0.3, -0.25) is 9.55 Å². The number of hydrogen-bond donors (Lipinski definition) is 1. The second kappa shape index (κ2) is 5.02. The highest BCUT2D eigenvalue weighted by Gasteiger charge is 2.14. The van der Waals surface area contributed by atoms with Crippen molar-refractivity contribution < 1.29 is 0 Å². The van der Waals surface area contributed by atoms with Gasteiger partial charge >= 0.3 is 0 Å². The zero-order valence-electron chi connectivity index (χ0n) is 11.1. The quantitative estimate of drug-likeness (QED) is 0.750. The van der Waals surface area contributed by atoms with Crippen LogP contribution < -0.4 is 5.73 Å². The zero-order valence-corrected chi connectivity index (χ0v) is 11.9. The number of thiocarbonyl (C=S) groups is 1. The van der Waals surface area contributed by atoms with Crippen molar-refractivity contribution in [2.24, 2.45) is 5.73 Å². The number of aromatic nitrogens is 3. The molecule has 2 aromatic heterocycles. The second-order valence-electron chi connectivity index (χ2n) is 4.66. The Bertz CT molecular complexity index is 791. The molecule has 20 heavy (non-hydrogen) atoms. The lowest BCUT2D eigenvalue weighted by atomic mass is 10.2. The van der Waals surface area contributed by atoms with Crippen molar-refractivity contribution in [1.82, 2.24) is 14.5 Å². The molecule has 0 spiro atoms. The first-order valence-corrected chi connectivity index (χ1v) is 6.73. The summed E-state index contributed by atoms with van der Waals surface area (Å²) < 4.78 is 2.10. The van der Waals surface area contributed by atoms with E-state index in [0.717, 1.165) is 28.1 Å². The van der Waals surface area contributed by atoms with Crippen LogP contribution >= 0.6 is 12.2 Å². The van der Waals surface area contributed by atoms with Crippen LogP contribution in [-0.4, -0.2) is 19.5 Å². The van der Waals surface area contributed by atoms with E-state index in [0.29, 0.717) is 11.4 Å². The summed E-state index contributed by atoms with van der Waals surface area (Å²) in [6.45, 7) is 2.03. The molecular weight excluding hydrogens is 268 g/mol. The van der Waals surface area contributed by atoms with Crippen LogP contribution in [0.25, 0.3) is 16.7 Å². The number of aryl methyl sites for hydroxylation is 1. The SMILES string of the molecule is Cc1cnccc1-n1c(CC(N)=S)nc2ccccc21. The van der Waals surface area contributed by atoms with Crippen LogP contribution in [0.2, 0.25) is 0 Å². The summed E-state index contributed by atoms with van der Waals surface area (Å²) in [5.41, 5.74) is 9.82. The smallest absolute Gasteiger partial charge is 0.121 e. The Kier molecular flexibility index (Phi) is 3.20. The van der Waals surface area contributed by atoms with Gasteiger partial charge in [0, 0.05) is 12.4 Å². The van der Waals surface area contributed by atoms with E-state index in [1.165, 1.54) is 0 Å². The predicted molar refractivity (Wildman–Crippen MR) is 84.1 cm³/mol. The Morgan fingerprint density at radius 2 is 2.10 bits per heavy atom. The van der Waals surface area contributed by atoms with Crippen LogP contribution in [0.3, 0.4) is 0 Å². The molecule has 100 valence electrons. The fourth-order valence-corrected chi connectivity index (χ4v) is 2.47. The molecule has 0 aliphatic heterocycles. The molecule has 0 aliphatic rings. The predicted octanol–water partition coefficient (Wildman–Crippen LogP) is 2.56. The molecule has 3 rings (SSSR count). The number of rotatable bonds is 3. The van der Waals surface area contributed by atoms with Gasteiger partial charge in [0.25, 0.3) is 0 Å². The maximum absolute atomic E-state index is 5.70. The molecule has 2 N–H and O–H groups in total. The third kappa shape index (κ3) is 2.16. The highest BCUT2D eigenvalue weighted by Crippen LogP contribution is 2.23. The van der Waals surface area contributed by atoms with Gasteiger partial charge < -0.3 is 5.73 Å². The first-order valence-electron chi connectivity index (χ1n) is 6.32. The van der Waals surface area contributed by atoms with Crippen molar-refractivity contribution in [3.63, 3.8) is 0 Å². The van der Waals surface area contributed by atoms with E-state index in [-0.39, 0.29) is 0 Å². The summed E-state index contributed by atoms with van der Waals surface area (Å²) in [6, 6.07) is 9.99. The number of nitrogens with two attached hydrogens (primary N) is 1. The van der Waals surface area contributed by atoms with Crippen molar-refractivity contribution in [1.29, 1.82) is 0 Å². The summed E-state index contributed by atoms with van der Waals surface area (Å²) in [6.07, 6.45) is 4.10. The summed E-state index contributed by atoms with van der Waals surface area (Å²) >= 11 is 5.04. The molecule has 0 bridgehead atoms. The molecule has 3 aromatic rings. The summed E-state index contributed by atoms with van der Waals surface area (Å²) in [5.74, 6) is 0.855. The molecule has 0 unspecified atom stereocenters. The normalized spacial score (nSPS) is 10.8. The van der Waals surface area contributed by atoms with E-state index in [1.807, 2.05) is 43.5 Å². The number of benzene rings is 1. The Labute approximate surface area is 122 Å². The summed E-state index contributed by atoms with van der Waals surface area (Å²) in [4.78, 5) is 9.22. The minimum absolute atomic E-state index is 0.438. The van der Waals surface area contributed by atoms with Crippen LogP contribution in [0.5, 0.6) is 0 Å². The third-order valence-electron chi connectivity index (χ3n) is 3.19. The van der Waals surface area contributed by atoms with E-state index in [4.69, 9.17) is 18.0 Å². The summed E-state index contributed by atoms with van der Waals surface area (Å²) in [5, 5.41) is 0. The van der Waals surface area contributed by atoms with E-state index in [9.17, 15) is 0 Å². The van der Waals surface area contributed by atoms with Crippen molar-refractivity contribution >= 4 is 28.2 Å². The number of nitrogens with zero attached hydrogens (tertiary/aromatic N) is 3. The van der Waals surface area contributed by atoms with Crippen LogP contribution in [0.15, 0.2) is 42.7 Å². The number of imidazole rings is 1. The average Bonchev–Trinajstić information content (AvgIpc) is 2.76. The fourth-order valence-electron chi connectivity index (χ4n) is 2.34. The van der Waals surface area contributed by atoms with Gasteiger partial charge in [0.15, 0.2) is 0 Å². The molecule has 0 fully saturated rings. The van der Waals surface area contributed by atoms with Gasteiger partial charge in [-0.1, -0.05) is 24.4 Å². The van der Waals surface area contributed by atoms with E-state index < -0.39 is 0 Å². The Morgan fingerprint density at radius 1 is 1.30 bits per heavy atom. The summed E-state index contributed by atoms with van der Waals surface area (Å²) in [7, 11) is 0. The van der Waals surface area contributed by atoms with Crippen LogP contribution in [0.1, 0.15) is 11.4 Å². The van der Waals surface area contributed by atoms with Gasteiger partial charge in [-0.05, 0) is 30.7 Å². The standard InChI is InChI=1S/C15H14N4S/c1-10-9-17-7-6-12(10)19-13-5-3-2-4-11(13)18-15(19)8-14(16)20/h2-7,9H,8H2,1H3,(H2,16,20). The lowest BCUT2D eigenvalue weighted by Crippen LogP contribution is -2.15. The van der Waals surface area contributed by atoms with Crippen LogP contribution in [0, 0.1) is 6.92 Å². The Balaban J connectivity index is 2.31. The molecule has 0 amide bonds. The minimum atomic E-state index is 0.438. The second-order valence-corrected chi connectivity index (χ2v) is 5.18. The maximum atomic E-state index is 5.70. The van der Waals surface area contributed by atoms with Crippen LogP contribution in [0.4, 0.5) is 0 Å². The van der Waals surface area contributed by atoms with E-state index in [2.05, 4.69) is 14.5 Å². The average molecular weight is 282 g/mol. The molecule has 0 saturated carbocycles. The number of pyridine rings is 1. The molecule has 2 heterocycles. The first kappa shape index (κ1) is 12.7. The molecule has 0 aliphatic carbocycles. The fraction of sp³-hybridized carbons (Fsp3) is 0.133. The zero-order chi connectivity index (χ0) is 14.1. The minimum Gasteiger partial charge on any atom is -0.393 e. The molecule has 0 radical (unpaired) electrons. The van der Waals surface area contributed by atoms with Gasteiger partial charge in [0.2, 0.25) is 0 Å². The highest BCUT2D eigenvalue weighted by molar-refractivity contribution is 7.80. The molecule has 5 heteroatoms. The van der Waals surface area contributed by atoms with Crippen molar-refractivity contribution in [3.05, 3.63) is 54.1 Å². The van der Waals surface area contributed by atoms with Gasteiger partial charge in [0.1, 0.15) is 5.82 Å². The molecule has 1 aromatic carbocycles. The number of hydrogen-bond acceptors (Lipinski definition) is 3. The number of fused-ring (bicyclic) bond motifs is 1. The van der Waals surface area contributed by atoms with Crippen LogP contribution in [-0.2, 0) is 6.42 Å².